The van der Waals surface area contributed by atoms with E-state index in [0.717, 1.165) is 17.3 Å². The van der Waals surface area contributed by atoms with Gasteiger partial charge in [-0.15, -0.1) is 0 Å². The van der Waals surface area contributed by atoms with Crippen molar-refractivity contribution in [1.29, 1.82) is 0 Å². The Kier molecular flexibility index (Phi) is 6.49. The zero-order valence-corrected chi connectivity index (χ0v) is 14.0. The van der Waals surface area contributed by atoms with Gasteiger partial charge in [-0.2, -0.15) is 0 Å². The van der Waals surface area contributed by atoms with Crippen molar-refractivity contribution in [3.05, 3.63) is 35.9 Å². The van der Waals surface area contributed by atoms with Crippen LogP contribution in [-0.4, -0.2) is 26.7 Å². The molecule has 0 bridgehead atoms. The number of ether oxygens (including phenoxy) is 1. The number of hydrogen-bond acceptors (Lipinski definition) is 4. The molecule has 0 saturated heterocycles. The van der Waals surface area contributed by atoms with Crippen molar-refractivity contribution < 1.29 is 9.53 Å². The number of thiocarbonyl (C=S) groups is 1. The van der Waals surface area contributed by atoms with Gasteiger partial charge in [0.05, 0.1) is 6.61 Å². The van der Waals surface area contributed by atoms with Crippen LogP contribution in [0.1, 0.15) is 33.3 Å². The van der Waals surface area contributed by atoms with Crippen LogP contribution in [0.3, 0.4) is 0 Å². The van der Waals surface area contributed by atoms with Gasteiger partial charge in [-0.3, -0.25) is 4.79 Å². The molecule has 0 aliphatic carbocycles. The van der Waals surface area contributed by atoms with Crippen LogP contribution in [0.4, 0.5) is 4.79 Å². The Morgan fingerprint density at radius 3 is 2.40 bits per heavy atom. The summed E-state index contributed by atoms with van der Waals surface area (Å²) in [6, 6.07) is 9.93. The van der Waals surface area contributed by atoms with Gasteiger partial charge in [0.1, 0.15) is 0 Å². The minimum atomic E-state index is -0.276. The standard InChI is InChI=1S/C15H21NO2S2/c1-5-18-14(19)20-13(17)16(15(2,3)4)11-12-9-7-6-8-10-12/h6-10H,5,11H2,1-4H3. The van der Waals surface area contributed by atoms with E-state index < -0.39 is 0 Å². The molecule has 0 heterocycles. The van der Waals surface area contributed by atoms with Gasteiger partial charge in [0.25, 0.3) is 5.24 Å². The highest BCUT2D eigenvalue weighted by Crippen LogP contribution is 2.24. The van der Waals surface area contributed by atoms with Crippen LogP contribution in [0.15, 0.2) is 30.3 Å². The van der Waals surface area contributed by atoms with Gasteiger partial charge >= 0.3 is 0 Å². The molecule has 5 heteroatoms. The van der Waals surface area contributed by atoms with E-state index in [1.165, 1.54) is 0 Å². The van der Waals surface area contributed by atoms with E-state index in [0.29, 0.717) is 13.2 Å². The fraction of sp³-hybridized carbons (Fsp3) is 0.467. The Labute approximate surface area is 130 Å². The molecule has 0 radical (unpaired) electrons. The molecule has 20 heavy (non-hydrogen) atoms. The lowest BCUT2D eigenvalue weighted by atomic mass is 10.1. The van der Waals surface area contributed by atoms with E-state index >= 15 is 0 Å². The lowest BCUT2D eigenvalue weighted by Gasteiger charge is -2.35. The Morgan fingerprint density at radius 2 is 1.90 bits per heavy atom. The van der Waals surface area contributed by atoms with Crippen molar-refractivity contribution in [2.24, 2.45) is 0 Å². The van der Waals surface area contributed by atoms with Gasteiger partial charge in [-0.25, -0.2) is 0 Å². The van der Waals surface area contributed by atoms with Gasteiger partial charge in [-0.05, 0) is 45.5 Å². The second kappa shape index (κ2) is 7.64. The summed E-state index contributed by atoms with van der Waals surface area (Å²) in [4.78, 5) is 14.2. The maximum atomic E-state index is 12.4. The fourth-order valence-electron chi connectivity index (χ4n) is 1.62. The molecule has 110 valence electrons. The summed E-state index contributed by atoms with van der Waals surface area (Å²) >= 11 is 6.00. The number of thioether (sulfide) groups is 1. The highest BCUT2D eigenvalue weighted by atomic mass is 32.2. The number of hydrogen-bond donors (Lipinski definition) is 0. The third kappa shape index (κ3) is 5.51. The Bertz CT molecular complexity index is 455. The lowest BCUT2D eigenvalue weighted by Crippen LogP contribution is -2.43. The minimum absolute atomic E-state index is 0.0835. The lowest BCUT2D eigenvalue weighted by molar-refractivity contribution is 0.162. The van der Waals surface area contributed by atoms with Crippen molar-refractivity contribution in [2.75, 3.05) is 6.61 Å². The quantitative estimate of drug-likeness (QED) is 0.771. The van der Waals surface area contributed by atoms with E-state index in [-0.39, 0.29) is 15.2 Å². The molecule has 0 spiro atoms. The van der Waals surface area contributed by atoms with Crippen LogP contribution in [0.25, 0.3) is 0 Å². The molecule has 0 saturated carbocycles. The van der Waals surface area contributed by atoms with Crippen LogP contribution in [0.5, 0.6) is 0 Å². The number of amides is 1. The highest BCUT2D eigenvalue weighted by Gasteiger charge is 2.28. The van der Waals surface area contributed by atoms with Crippen molar-refractivity contribution in [3.8, 4) is 0 Å². The molecule has 1 aromatic carbocycles. The number of benzene rings is 1. The van der Waals surface area contributed by atoms with E-state index in [9.17, 15) is 4.79 Å². The number of rotatable bonds is 3. The molecule has 1 aromatic rings. The number of carbonyl (C=O) groups is 1. The predicted octanol–water partition coefficient (Wildman–Crippen LogP) is 4.46. The summed E-state index contributed by atoms with van der Waals surface area (Å²) in [6.45, 7) is 8.93. The van der Waals surface area contributed by atoms with E-state index in [4.69, 9.17) is 17.0 Å². The predicted molar refractivity (Wildman–Crippen MR) is 88.9 cm³/mol. The molecule has 0 aliphatic heterocycles. The molecule has 1 rings (SSSR count). The number of carbonyl (C=O) groups excluding carboxylic acids is 1. The summed E-state index contributed by atoms with van der Waals surface area (Å²) in [6.07, 6.45) is 0. The monoisotopic (exact) mass is 311 g/mol. The second-order valence-corrected chi connectivity index (χ2v) is 6.85. The van der Waals surface area contributed by atoms with Crippen molar-refractivity contribution in [2.45, 2.75) is 39.8 Å². The molecule has 0 unspecified atom stereocenters. The summed E-state index contributed by atoms with van der Waals surface area (Å²) in [5.74, 6) is 0. The summed E-state index contributed by atoms with van der Waals surface area (Å²) in [5, 5.41) is -0.0835. The first-order chi connectivity index (χ1) is 9.34. The van der Waals surface area contributed by atoms with Gasteiger partial charge < -0.3 is 9.64 Å². The van der Waals surface area contributed by atoms with Crippen LogP contribution in [-0.2, 0) is 11.3 Å². The maximum absolute atomic E-state index is 12.4. The van der Waals surface area contributed by atoms with Crippen LogP contribution in [0.2, 0.25) is 0 Å². The van der Waals surface area contributed by atoms with Gasteiger partial charge in [0.2, 0.25) is 4.38 Å². The Balaban J connectivity index is 2.80. The molecule has 3 nitrogen and oxygen atoms in total. The van der Waals surface area contributed by atoms with Crippen molar-refractivity contribution >= 4 is 33.6 Å². The normalized spacial score (nSPS) is 11.0. The fourth-order valence-corrected chi connectivity index (χ4v) is 2.71. The molecule has 0 atom stereocenters. The summed E-state index contributed by atoms with van der Waals surface area (Å²) in [7, 11) is 0. The van der Waals surface area contributed by atoms with Crippen molar-refractivity contribution in [1.82, 2.24) is 4.90 Å². The molecule has 0 aliphatic rings. The van der Waals surface area contributed by atoms with Crippen molar-refractivity contribution in [3.63, 3.8) is 0 Å². The zero-order chi connectivity index (χ0) is 15.2. The number of nitrogens with zero attached hydrogens (tertiary/aromatic N) is 1. The topological polar surface area (TPSA) is 29.5 Å². The largest absolute Gasteiger partial charge is 0.479 e. The zero-order valence-electron chi connectivity index (χ0n) is 12.4. The Morgan fingerprint density at radius 1 is 1.30 bits per heavy atom. The van der Waals surface area contributed by atoms with Crippen LogP contribution >= 0.6 is 24.0 Å². The second-order valence-electron chi connectivity index (χ2n) is 5.29. The van der Waals surface area contributed by atoms with Gasteiger partial charge in [0.15, 0.2) is 0 Å². The smallest absolute Gasteiger partial charge is 0.290 e. The maximum Gasteiger partial charge on any atom is 0.290 e. The summed E-state index contributed by atoms with van der Waals surface area (Å²) < 4.78 is 5.45. The van der Waals surface area contributed by atoms with Gasteiger partial charge in [-0.1, -0.05) is 30.3 Å². The molecule has 1 amide bonds. The third-order valence-corrected chi connectivity index (χ3v) is 3.69. The summed E-state index contributed by atoms with van der Waals surface area (Å²) in [5.41, 5.74) is 0.820. The molecule has 0 fully saturated rings. The molecular weight excluding hydrogens is 290 g/mol. The molecule has 0 N–H and O–H groups in total. The third-order valence-electron chi connectivity index (χ3n) is 2.65. The minimum Gasteiger partial charge on any atom is -0.479 e. The van der Waals surface area contributed by atoms with Gasteiger partial charge in [0, 0.05) is 23.8 Å². The first kappa shape index (κ1) is 17.0. The van der Waals surface area contributed by atoms with Crippen LogP contribution < -0.4 is 0 Å². The van der Waals surface area contributed by atoms with E-state index in [2.05, 4.69) is 0 Å². The SMILES string of the molecule is CCOC(=S)SC(=O)N(Cc1ccccc1)C(C)(C)C. The average molecular weight is 311 g/mol. The van der Waals surface area contributed by atoms with E-state index in [1.54, 1.807) is 4.90 Å². The molecular formula is C15H21NO2S2. The van der Waals surface area contributed by atoms with Crippen LogP contribution in [0, 0.1) is 0 Å². The first-order valence-corrected chi connectivity index (χ1v) is 7.77. The highest BCUT2D eigenvalue weighted by molar-refractivity contribution is 8.32. The molecule has 0 aromatic heterocycles. The Hall–Kier alpha value is -1.07. The van der Waals surface area contributed by atoms with E-state index in [1.807, 2.05) is 58.0 Å². The average Bonchev–Trinajstić information content (AvgIpc) is 2.36. The first-order valence-electron chi connectivity index (χ1n) is 6.54.